The molecular weight excluding hydrogens is 212 g/mol. The lowest BCUT2D eigenvalue weighted by molar-refractivity contribution is 0.662. The molecular formula is C13H18N4. The van der Waals surface area contributed by atoms with Gasteiger partial charge in [0.1, 0.15) is 0 Å². The lowest BCUT2D eigenvalue weighted by atomic mass is 10.2. The minimum Gasteiger partial charge on any atom is -0.313 e. The van der Waals surface area contributed by atoms with Crippen LogP contribution in [0.3, 0.4) is 0 Å². The van der Waals surface area contributed by atoms with Crippen LogP contribution in [0, 0.1) is 0 Å². The van der Waals surface area contributed by atoms with Gasteiger partial charge in [-0.15, -0.1) is 0 Å². The zero-order chi connectivity index (χ0) is 11.9. The van der Waals surface area contributed by atoms with Crippen LogP contribution in [0.2, 0.25) is 0 Å². The molecule has 4 nitrogen and oxygen atoms in total. The van der Waals surface area contributed by atoms with E-state index in [1.807, 2.05) is 23.1 Å². The average molecular weight is 230 g/mol. The van der Waals surface area contributed by atoms with Gasteiger partial charge in [-0.1, -0.05) is 13.0 Å². The largest absolute Gasteiger partial charge is 0.313 e. The van der Waals surface area contributed by atoms with Gasteiger partial charge in [0, 0.05) is 25.1 Å². The van der Waals surface area contributed by atoms with E-state index >= 15 is 0 Å². The Balaban J connectivity index is 1.89. The summed E-state index contributed by atoms with van der Waals surface area (Å²) in [6.07, 6.45) is 6.81. The predicted octanol–water partition coefficient (Wildman–Crippen LogP) is 1.83. The zero-order valence-corrected chi connectivity index (χ0v) is 10.1. The average Bonchev–Trinajstić information content (AvgIpc) is 2.85. The first kappa shape index (κ1) is 11.8. The summed E-state index contributed by atoms with van der Waals surface area (Å²) < 4.78 is 1.87. The van der Waals surface area contributed by atoms with Crippen molar-refractivity contribution in [2.24, 2.45) is 0 Å². The maximum atomic E-state index is 4.43. The van der Waals surface area contributed by atoms with Crippen LogP contribution in [-0.2, 0) is 13.1 Å². The first-order valence-corrected chi connectivity index (χ1v) is 6.00. The monoisotopic (exact) mass is 230 g/mol. The van der Waals surface area contributed by atoms with E-state index in [1.165, 1.54) is 5.56 Å². The third-order valence-electron chi connectivity index (χ3n) is 2.53. The smallest absolute Gasteiger partial charge is 0.0831 e. The van der Waals surface area contributed by atoms with Gasteiger partial charge < -0.3 is 5.32 Å². The molecule has 4 heteroatoms. The first-order chi connectivity index (χ1) is 8.38. The molecule has 0 spiro atoms. The predicted molar refractivity (Wildman–Crippen MR) is 67.6 cm³/mol. The van der Waals surface area contributed by atoms with Gasteiger partial charge in [0.2, 0.25) is 0 Å². The van der Waals surface area contributed by atoms with Crippen molar-refractivity contribution in [2.45, 2.75) is 26.4 Å². The summed E-state index contributed by atoms with van der Waals surface area (Å²) in [6, 6.07) is 6.10. The molecule has 2 rings (SSSR count). The summed E-state index contributed by atoms with van der Waals surface area (Å²) in [5.74, 6) is 0. The van der Waals surface area contributed by atoms with Crippen molar-refractivity contribution in [1.82, 2.24) is 20.1 Å². The molecule has 0 saturated carbocycles. The zero-order valence-electron chi connectivity index (χ0n) is 10.1. The van der Waals surface area contributed by atoms with Crippen molar-refractivity contribution in [2.75, 3.05) is 6.54 Å². The minimum absolute atomic E-state index is 0.732. The molecule has 2 aromatic rings. The van der Waals surface area contributed by atoms with Crippen molar-refractivity contribution < 1.29 is 0 Å². The molecule has 0 aliphatic heterocycles. The van der Waals surface area contributed by atoms with Crippen molar-refractivity contribution in [3.05, 3.63) is 48.0 Å². The number of nitrogens with one attached hydrogen (secondary N) is 1. The molecule has 2 heterocycles. The van der Waals surface area contributed by atoms with E-state index in [0.29, 0.717) is 0 Å². The lowest BCUT2D eigenvalue weighted by Gasteiger charge is -2.05. The summed E-state index contributed by atoms with van der Waals surface area (Å²) in [5, 5.41) is 7.52. The Morgan fingerprint density at radius 2 is 2.29 bits per heavy atom. The normalized spacial score (nSPS) is 10.6. The number of hydrogen-bond donors (Lipinski definition) is 1. The van der Waals surface area contributed by atoms with Gasteiger partial charge in [-0.2, -0.15) is 5.10 Å². The summed E-state index contributed by atoms with van der Waals surface area (Å²) in [6.45, 7) is 4.84. The van der Waals surface area contributed by atoms with E-state index in [2.05, 4.69) is 34.5 Å². The molecule has 1 N–H and O–H groups in total. The fourth-order valence-electron chi connectivity index (χ4n) is 1.62. The third-order valence-corrected chi connectivity index (χ3v) is 2.53. The topological polar surface area (TPSA) is 42.7 Å². The summed E-state index contributed by atoms with van der Waals surface area (Å²) in [4.78, 5) is 4.43. The molecule has 0 aromatic carbocycles. The van der Waals surface area contributed by atoms with Crippen molar-refractivity contribution in [1.29, 1.82) is 0 Å². The van der Waals surface area contributed by atoms with E-state index in [0.717, 1.165) is 31.7 Å². The Morgan fingerprint density at radius 3 is 2.94 bits per heavy atom. The molecule has 0 unspecified atom stereocenters. The van der Waals surface area contributed by atoms with E-state index in [1.54, 1.807) is 6.20 Å². The highest BCUT2D eigenvalue weighted by Crippen LogP contribution is 2.02. The van der Waals surface area contributed by atoms with Crippen molar-refractivity contribution in [3.8, 4) is 0 Å². The molecule has 0 amide bonds. The fourth-order valence-corrected chi connectivity index (χ4v) is 1.62. The highest BCUT2D eigenvalue weighted by Gasteiger charge is 1.97. The number of nitrogens with zero attached hydrogens (tertiary/aromatic N) is 3. The molecule has 17 heavy (non-hydrogen) atoms. The van der Waals surface area contributed by atoms with E-state index in [-0.39, 0.29) is 0 Å². The second-order valence-electron chi connectivity index (χ2n) is 4.04. The van der Waals surface area contributed by atoms with Gasteiger partial charge >= 0.3 is 0 Å². The SMILES string of the molecule is CCCNCc1ccc(Cn2cccn2)nc1. The quantitative estimate of drug-likeness (QED) is 0.770. The third kappa shape index (κ3) is 3.67. The van der Waals surface area contributed by atoms with Gasteiger partial charge in [-0.25, -0.2) is 0 Å². The number of hydrogen-bond acceptors (Lipinski definition) is 3. The summed E-state index contributed by atoms with van der Waals surface area (Å²) in [5.41, 5.74) is 2.26. The van der Waals surface area contributed by atoms with E-state index < -0.39 is 0 Å². The minimum atomic E-state index is 0.732. The molecule has 2 aromatic heterocycles. The van der Waals surface area contributed by atoms with Gasteiger partial charge in [0.05, 0.1) is 12.2 Å². The summed E-state index contributed by atoms with van der Waals surface area (Å²) in [7, 11) is 0. The van der Waals surface area contributed by atoms with Crippen molar-refractivity contribution in [3.63, 3.8) is 0 Å². The Kier molecular flexibility index (Phi) is 4.27. The number of pyridine rings is 1. The first-order valence-electron chi connectivity index (χ1n) is 6.00. The summed E-state index contributed by atoms with van der Waals surface area (Å²) >= 11 is 0. The molecule has 0 fully saturated rings. The van der Waals surface area contributed by atoms with Gasteiger partial charge in [0.25, 0.3) is 0 Å². The van der Waals surface area contributed by atoms with Gasteiger partial charge in [0.15, 0.2) is 0 Å². The number of rotatable bonds is 6. The molecule has 90 valence electrons. The lowest BCUT2D eigenvalue weighted by Crippen LogP contribution is -2.14. The number of aromatic nitrogens is 3. The second kappa shape index (κ2) is 6.15. The van der Waals surface area contributed by atoms with Crippen LogP contribution < -0.4 is 5.32 Å². The van der Waals surface area contributed by atoms with Crippen LogP contribution in [0.15, 0.2) is 36.8 Å². The van der Waals surface area contributed by atoms with Crippen molar-refractivity contribution >= 4 is 0 Å². The second-order valence-corrected chi connectivity index (χ2v) is 4.04. The van der Waals surface area contributed by atoms with Gasteiger partial charge in [-0.05, 0) is 30.7 Å². The molecule has 0 saturated heterocycles. The maximum absolute atomic E-state index is 4.43. The molecule has 0 aliphatic carbocycles. The van der Waals surface area contributed by atoms with Crippen LogP contribution in [0.25, 0.3) is 0 Å². The maximum Gasteiger partial charge on any atom is 0.0831 e. The van der Waals surface area contributed by atoms with Crippen LogP contribution in [-0.4, -0.2) is 21.3 Å². The van der Waals surface area contributed by atoms with Crippen LogP contribution in [0.1, 0.15) is 24.6 Å². The Bertz CT molecular complexity index is 419. The Hall–Kier alpha value is -1.68. The molecule has 0 atom stereocenters. The van der Waals surface area contributed by atoms with E-state index in [4.69, 9.17) is 0 Å². The van der Waals surface area contributed by atoms with Crippen LogP contribution in [0.5, 0.6) is 0 Å². The van der Waals surface area contributed by atoms with Crippen LogP contribution >= 0.6 is 0 Å². The van der Waals surface area contributed by atoms with E-state index in [9.17, 15) is 0 Å². The van der Waals surface area contributed by atoms with Gasteiger partial charge in [-0.3, -0.25) is 9.67 Å². The fraction of sp³-hybridized carbons (Fsp3) is 0.385. The molecule has 0 aliphatic rings. The highest BCUT2D eigenvalue weighted by molar-refractivity contribution is 5.14. The Morgan fingerprint density at radius 1 is 1.35 bits per heavy atom. The van der Waals surface area contributed by atoms with Crippen LogP contribution in [0.4, 0.5) is 0 Å². The Labute approximate surface area is 102 Å². The molecule has 0 bridgehead atoms. The molecule has 0 radical (unpaired) electrons. The standard InChI is InChI=1S/C13H18N4/c1-2-6-14-9-12-4-5-13(15-10-12)11-17-8-3-7-16-17/h3-5,7-8,10,14H,2,6,9,11H2,1H3. The highest BCUT2D eigenvalue weighted by atomic mass is 15.3.